The Morgan fingerprint density at radius 1 is 1.10 bits per heavy atom. The Morgan fingerprint density at radius 2 is 1.73 bits per heavy atom. The maximum absolute atomic E-state index is 12.4. The SMILES string of the molecule is COc1cc(/C=N/OCC(=O)Nc2c(C(C)C)cccc2C(C)C)cc(Cl)c1OC. The first kappa shape index (κ1) is 23.5. The van der Waals surface area contributed by atoms with Gasteiger partial charge in [0.15, 0.2) is 18.1 Å². The van der Waals surface area contributed by atoms with Crippen molar-refractivity contribution in [3.63, 3.8) is 0 Å². The highest BCUT2D eigenvalue weighted by atomic mass is 35.5. The predicted octanol–water partition coefficient (Wildman–Crippen LogP) is 5.59. The van der Waals surface area contributed by atoms with Crippen LogP contribution in [0.15, 0.2) is 35.5 Å². The van der Waals surface area contributed by atoms with Crippen molar-refractivity contribution in [3.8, 4) is 11.5 Å². The average Bonchev–Trinajstić information content (AvgIpc) is 2.70. The van der Waals surface area contributed by atoms with E-state index in [4.69, 9.17) is 25.9 Å². The monoisotopic (exact) mass is 432 g/mol. The number of carbonyl (C=O) groups excluding carboxylic acids is 1. The van der Waals surface area contributed by atoms with E-state index in [9.17, 15) is 4.79 Å². The minimum atomic E-state index is -0.271. The molecule has 0 aromatic heterocycles. The number of rotatable bonds is 9. The maximum atomic E-state index is 12.4. The number of ether oxygens (including phenoxy) is 2. The highest BCUT2D eigenvalue weighted by molar-refractivity contribution is 6.32. The van der Waals surface area contributed by atoms with Crippen LogP contribution in [0.4, 0.5) is 5.69 Å². The molecule has 0 fully saturated rings. The molecular formula is C23H29ClN2O4. The standard InChI is InChI=1S/C23H29ClN2O4/c1-14(2)17-8-7-9-18(15(3)4)22(17)26-21(27)13-30-25-12-16-10-19(24)23(29-6)20(11-16)28-5/h7-12,14-15H,13H2,1-6H3,(H,26,27)/b25-12+. The summed E-state index contributed by atoms with van der Waals surface area (Å²) in [5.41, 5.74) is 3.70. The molecule has 0 heterocycles. The minimum Gasteiger partial charge on any atom is -0.493 e. The van der Waals surface area contributed by atoms with Crippen molar-refractivity contribution in [1.29, 1.82) is 0 Å². The van der Waals surface area contributed by atoms with Crippen molar-refractivity contribution in [2.24, 2.45) is 5.16 Å². The van der Waals surface area contributed by atoms with E-state index in [0.29, 0.717) is 22.1 Å². The topological polar surface area (TPSA) is 69.2 Å². The molecule has 162 valence electrons. The number of anilines is 1. The number of benzene rings is 2. The third-order valence-electron chi connectivity index (χ3n) is 4.57. The lowest BCUT2D eigenvalue weighted by Crippen LogP contribution is -2.19. The van der Waals surface area contributed by atoms with E-state index in [1.807, 2.05) is 18.2 Å². The lowest BCUT2D eigenvalue weighted by atomic mass is 9.92. The molecule has 30 heavy (non-hydrogen) atoms. The Hall–Kier alpha value is -2.73. The van der Waals surface area contributed by atoms with Crippen molar-refractivity contribution in [2.75, 3.05) is 26.1 Å². The molecule has 0 aliphatic rings. The lowest BCUT2D eigenvalue weighted by molar-refractivity contribution is -0.120. The van der Waals surface area contributed by atoms with Crippen molar-refractivity contribution >= 4 is 29.4 Å². The van der Waals surface area contributed by atoms with Crippen LogP contribution in [0, 0.1) is 0 Å². The molecule has 0 unspecified atom stereocenters. The average molecular weight is 433 g/mol. The molecule has 2 aromatic rings. The number of hydrogen-bond acceptors (Lipinski definition) is 5. The molecule has 0 bridgehead atoms. The van der Waals surface area contributed by atoms with Crippen molar-refractivity contribution in [3.05, 3.63) is 52.0 Å². The van der Waals surface area contributed by atoms with Crippen LogP contribution in [0.3, 0.4) is 0 Å². The van der Waals surface area contributed by atoms with Crippen LogP contribution in [-0.2, 0) is 9.63 Å². The van der Waals surface area contributed by atoms with Gasteiger partial charge in [-0.2, -0.15) is 0 Å². The Morgan fingerprint density at radius 3 is 2.27 bits per heavy atom. The second-order valence-electron chi connectivity index (χ2n) is 7.42. The number of amides is 1. The summed E-state index contributed by atoms with van der Waals surface area (Å²) in [6, 6.07) is 9.47. The molecular weight excluding hydrogens is 404 g/mol. The van der Waals surface area contributed by atoms with Gasteiger partial charge >= 0.3 is 0 Å². The molecule has 2 aromatic carbocycles. The zero-order valence-electron chi connectivity index (χ0n) is 18.3. The van der Waals surface area contributed by atoms with Gasteiger partial charge in [-0.25, -0.2) is 0 Å². The van der Waals surface area contributed by atoms with E-state index in [2.05, 4.69) is 38.2 Å². The zero-order chi connectivity index (χ0) is 22.3. The summed E-state index contributed by atoms with van der Waals surface area (Å²) in [4.78, 5) is 17.6. The summed E-state index contributed by atoms with van der Waals surface area (Å²) in [7, 11) is 3.04. The minimum absolute atomic E-state index is 0.207. The lowest BCUT2D eigenvalue weighted by Gasteiger charge is -2.19. The first-order chi connectivity index (χ1) is 14.3. The van der Waals surface area contributed by atoms with Crippen LogP contribution >= 0.6 is 11.6 Å². The fourth-order valence-electron chi connectivity index (χ4n) is 3.08. The van der Waals surface area contributed by atoms with Gasteiger partial charge in [0.1, 0.15) is 0 Å². The molecule has 0 aliphatic heterocycles. The number of methoxy groups -OCH3 is 2. The van der Waals surface area contributed by atoms with Gasteiger partial charge in [-0.15, -0.1) is 0 Å². The quantitative estimate of drug-likeness (QED) is 0.414. The molecule has 6 nitrogen and oxygen atoms in total. The molecule has 0 atom stereocenters. The largest absolute Gasteiger partial charge is 0.493 e. The van der Waals surface area contributed by atoms with E-state index in [1.165, 1.54) is 20.4 Å². The maximum Gasteiger partial charge on any atom is 0.265 e. The molecule has 0 saturated heterocycles. The molecule has 1 N–H and O–H groups in total. The summed E-state index contributed by atoms with van der Waals surface area (Å²) >= 11 is 6.18. The van der Waals surface area contributed by atoms with Gasteiger partial charge in [-0.3, -0.25) is 4.79 Å². The third-order valence-corrected chi connectivity index (χ3v) is 4.85. The molecule has 0 saturated carbocycles. The van der Waals surface area contributed by atoms with E-state index < -0.39 is 0 Å². The van der Waals surface area contributed by atoms with Crippen LogP contribution in [0.25, 0.3) is 0 Å². The van der Waals surface area contributed by atoms with E-state index >= 15 is 0 Å². The first-order valence-corrected chi connectivity index (χ1v) is 10.2. The van der Waals surface area contributed by atoms with E-state index in [-0.39, 0.29) is 24.3 Å². The number of hydrogen-bond donors (Lipinski definition) is 1. The fraction of sp³-hybridized carbons (Fsp3) is 0.391. The normalized spacial score (nSPS) is 11.2. The summed E-state index contributed by atoms with van der Waals surface area (Å²) < 4.78 is 10.5. The highest BCUT2D eigenvalue weighted by Gasteiger charge is 2.16. The Kier molecular flexibility index (Phi) is 8.54. The fourth-order valence-corrected chi connectivity index (χ4v) is 3.37. The number of carbonyl (C=O) groups is 1. The molecule has 0 spiro atoms. The summed E-state index contributed by atoms with van der Waals surface area (Å²) in [6.07, 6.45) is 1.46. The van der Waals surface area contributed by atoms with Gasteiger partial charge in [0.05, 0.1) is 25.5 Å². The Bertz CT molecular complexity index is 884. The van der Waals surface area contributed by atoms with Gasteiger partial charge in [0.25, 0.3) is 5.91 Å². The number of halogens is 1. The van der Waals surface area contributed by atoms with Gasteiger partial charge in [-0.1, -0.05) is 62.7 Å². The summed E-state index contributed by atoms with van der Waals surface area (Å²) in [5, 5.41) is 7.25. The molecule has 0 aliphatic carbocycles. The Balaban J connectivity index is 2.05. The van der Waals surface area contributed by atoms with Gasteiger partial charge in [-0.05, 0) is 35.1 Å². The van der Waals surface area contributed by atoms with Gasteiger partial charge < -0.3 is 19.6 Å². The molecule has 2 rings (SSSR count). The second kappa shape index (κ2) is 10.9. The van der Waals surface area contributed by atoms with Crippen molar-refractivity contribution < 1.29 is 19.1 Å². The Labute approximate surface area is 183 Å². The van der Waals surface area contributed by atoms with Crippen LogP contribution in [0.2, 0.25) is 5.02 Å². The van der Waals surface area contributed by atoms with E-state index in [1.54, 1.807) is 12.1 Å². The molecule has 7 heteroatoms. The highest BCUT2D eigenvalue weighted by Crippen LogP contribution is 2.35. The number of nitrogens with zero attached hydrogens (tertiary/aromatic N) is 1. The van der Waals surface area contributed by atoms with Crippen molar-refractivity contribution in [1.82, 2.24) is 0 Å². The van der Waals surface area contributed by atoms with Gasteiger partial charge in [0, 0.05) is 11.3 Å². The number of oxime groups is 1. The van der Waals surface area contributed by atoms with Crippen molar-refractivity contribution in [2.45, 2.75) is 39.5 Å². The smallest absolute Gasteiger partial charge is 0.265 e. The first-order valence-electron chi connectivity index (χ1n) is 9.77. The summed E-state index contributed by atoms with van der Waals surface area (Å²) in [5.74, 6) is 1.23. The molecule has 1 amide bonds. The molecule has 0 radical (unpaired) electrons. The second-order valence-corrected chi connectivity index (χ2v) is 7.82. The van der Waals surface area contributed by atoms with E-state index in [0.717, 1.165) is 16.8 Å². The zero-order valence-corrected chi connectivity index (χ0v) is 19.0. The number of para-hydroxylation sites is 1. The number of nitrogens with one attached hydrogen (secondary N) is 1. The van der Waals surface area contributed by atoms with Gasteiger partial charge in [0.2, 0.25) is 0 Å². The van der Waals surface area contributed by atoms with Crippen LogP contribution < -0.4 is 14.8 Å². The summed E-state index contributed by atoms with van der Waals surface area (Å²) in [6.45, 7) is 8.20. The van der Waals surface area contributed by atoms with Crippen LogP contribution in [-0.4, -0.2) is 32.9 Å². The van der Waals surface area contributed by atoms with Crippen LogP contribution in [0.1, 0.15) is 56.2 Å². The predicted molar refractivity (Wildman–Crippen MR) is 121 cm³/mol. The van der Waals surface area contributed by atoms with Crippen LogP contribution in [0.5, 0.6) is 11.5 Å². The third kappa shape index (κ3) is 5.89.